The number of ether oxygens (including phenoxy) is 1. The number of piperidine rings is 1. The van der Waals surface area contributed by atoms with Crippen LogP contribution in [0.3, 0.4) is 0 Å². The molecule has 2 unspecified atom stereocenters. The molecule has 6 nitrogen and oxygen atoms in total. The number of hydrogen-bond acceptors (Lipinski definition) is 6. The zero-order valence-corrected chi connectivity index (χ0v) is 9.90. The first-order chi connectivity index (χ1) is 8.15. The molecule has 5 N–H and O–H groups in total. The van der Waals surface area contributed by atoms with Crippen LogP contribution in [-0.4, -0.2) is 70.5 Å². The molecule has 100 valence electrons. The summed E-state index contributed by atoms with van der Waals surface area (Å²) in [5.41, 5.74) is 5.42. The van der Waals surface area contributed by atoms with Gasteiger partial charge in [-0.15, -0.1) is 0 Å². The average molecular weight is 246 g/mol. The highest BCUT2D eigenvalue weighted by Crippen LogP contribution is 2.25. The van der Waals surface area contributed by atoms with Crippen molar-refractivity contribution in [2.45, 2.75) is 49.9 Å². The monoisotopic (exact) mass is 246 g/mol. The minimum absolute atomic E-state index is 0.0853. The van der Waals surface area contributed by atoms with E-state index in [-0.39, 0.29) is 6.54 Å². The van der Waals surface area contributed by atoms with Crippen LogP contribution < -0.4 is 5.73 Å². The molecular formula is C11H22N2O4. The summed E-state index contributed by atoms with van der Waals surface area (Å²) >= 11 is 0. The fourth-order valence-corrected chi connectivity index (χ4v) is 2.74. The quantitative estimate of drug-likeness (QED) is 0.461. The molecule has 2 fully saturated rings. The third-order valence-corrected chi connectivity index (χ3v) is 3.73. The third-order valence-electron chi connectivity index (χ3n) is 3.73. The first kappa shape index (κ1) is 13.2. The summed E-state index contributed by atoms with van der Waals surface area (Å²) in [6, 6.07) is -0.548. The van der Waals surface area contributed by atoms with E-state index in [4.69, 9.17) is 10.5 Å². The number of likely N-dealkylation sites (tertiary alicyclic amines) is 1. The summed E-state index contributed by atoms with van der Waals surface area (Å²) in [5.74, 6) is 0. The lowest BCUT2D eigenvalue weighted by Crippen LogP contribution is -2.65. The van der Waals surface area contributed by atoms with Crippen molar-refractivity contribution in [2.75, 3.05) is 19.6 Å². The van der Waals surface area contributed by atoms with Crippen LogP contribution in [-0.2, 0) is 4.74 Å². The molecule has 6 heteroatoms. The molecule has 2 saturated heterocycles. The molecule has 2 aliphatic heterocycles. The normalized spacial score (nSPS) is 44.8. The number of aliphatic hydroxyl groups excluding tert-OH is 3. The first-order valence-electron chi connectivity index (χ1n) is 6.29. The second-order valence-corrected chi connectivity index (χ2v) is 4.87. The van der Waals surface area contributed by atoms with E-state index in [2.05, 4.69) is 0 Å². The maximum absolute atomic E-state index is 10.1. The molecule has 0 aliphatic carbocycles. The van der Waals surface area contributed by atoms with E-state index in [9.17, 15) is 15.3 Å². The van der Waals surface area contributed by atoms with Gasteiger partial charge in [0, 0.05) is 6.54 Å². The van der Waals surface area contributed by atoms with Crippen LogP contribution in [0, 0.1) is 0 Å². The van der Waals surface area contributed by atoms with E-state index < -0.39 is 30.6 Å². The van der Waals surface area contributed by atoms with Crippen molar-refractivity contribution < 1.29 is 20.1 Å². The second-order valence-electron chi connectivity index (χ2n) is 4.87. The average Bonchev–Trinajstić information content (AvgIpc) is 2.35. The summed E-state index contributed by atoms with van der Waals surface area (Å²) in [6.45, 7) is 1.73. The molecular weight excluding hydrogens is 224 g/mol. The maximum atomic E-state index is 10.1. The summed E-state index contributed by atoms with van der Waals surface area (Å²) in [5, 5.41) is 29.9. The molecule has 0 spiro atoms. The molecule has 0 amide bonds. The zero-order chi connectivity index (χ0) is 12.4. The Kier molecular flexibility index (Phi) is 4.35. The second kappa shape index (κ2) is 5.60. The lowest BCUT2D eigenvalue weighted by atomic mass is 9.94. The Morgan fingerprint density at radius 2 is 1.71 bits per heavy atom. The molecule has 0 radical (unpaired) electrons. The lowest BCUT2D eigenvalue weighted by Gasteiger charge is -2.46. The van der Waals surface area contributed by atoms with Crippen molar-refractivity contribution in [1.82, 2.24) is 4.90 Å². The van der Waals surface area contributed by atoms with Gasteiger partial charge in [0.2, 0.25) is 0 Å². The largest absolute Gasteiger partial charge is 0.388 e. The standard InChI is InChI=1S/C11H22N2O4/c12-6-7-9(14)10(15)8(11(16)17-7)13-4-2-1-3-5-13/h7-11,14-16H,1-6,12H2/t7?,8-,9+,10-,11?/m1/s1. The SMILES string of the molecule is NCC1OC(O)[C@H](N2CCCCC2)[C@@H](O)[C@H]1O. The van der Waals surface area contributed by atoms with Crippen LogP contribution in [0.25, 0.3) is 0 Å². The molecule has 0 aromatic rings. The van der Waals surface area contributed by atoms with Crippen molar-refractivity contribution >= 4 is 0 Å². The Morgan fingerprint density at radius 1 is 1.06 bits per heavy atom. The topological polar surface area (TPSA) is 99.2 Å². The van der Waals surface area contributed by atoms with Crippen molar-refractivity contribution in [1.29, 1.82) is 0 Å². The minimum atomic E-state index is -1.08. The molecule has 0 aromatic carbocycles. The van der Waals surface area contributed by atoms with Gasteiger partial charge in [-0.05, 0) is 25.9 Å². The molecule has 0 bridgehead atoms. The van der Waals surface area contributed by atoms with Gasteiger partial charge >= 0.3 is 0 Å². The van der Waals surface area contributed by atoms with Crippen LogP contribution in [0.4, 0.5) is 0 Å². The molecule has 2 aliphatic rings. The van der Waals surface area contributed by atoms with Crippen molar-refractivity contribution in [2.24, 2.45) is 5.73 Å². The van der Waals surface area contributed by atoms with Crippen LogP contribution >= 0.6 is 0 Å². The number of rotatable bonds is 2. The van der Waals surface area contributed by atoms with Crippen LogP contribution in [0.2, 0.25) is 0 Å². The molecule has 0 saturated carbocycles. The molecule has 17 heavy (non-hydrogen) atoms. The first-order valence-corrected chi connectivity index (χ1v) is 6.29. The van der Waals surface area contributed by atoms with Gasteiger partial charge in [0.25, 0.3) is 0 Å². The Hall–Kier alpha value is -0.240. The molecule has 2 heterocycles. The third kappa shape index (κ3) is 2.62. The van der Waals surface area contributed by atoms with Gasteiger partial charge in [-0.3, -0.25) is 4.90 Å². The van der Waals surface area contributed by atoms with E-state index in [1.54, 1.807) is 0 Å². The van der Waals surface area contributed by atoms with Crippen molar-refractivity contribution in [3.05, 3.63) is 0 Å². The van der Waals surface area contributed by atoms with Gasteiger partial charge in [-0.25, -0.2) is 0 Å². The summed E-state index contributed by atoms with van der Waals surface area (Å²) in [6.07, 6.45) is -0.551. The van der Waals surface area contributed by atoms with E-state index in [1.807, 2.05) is 4.90 Å². The van der Waals surface area contributed by atoms with Gasteiger partial charge in [0.05, 0.1) is 6.04 Å². The van der Waals surface area contributed by atoms with E-state index in [0.29, 0.717) is 0 Å². The van der Waals surface area contributed by atoms with E-state index >= 15 is 0 Å². The zero-order valence-electron chi connectivity index (χ0n) is 9.90. The van der Waals surface area contributed by atoms with E-state index in [1.165, 1.54) is 6.42 Å². The number of nitrogens with zero attached hydrogens (tertiary/aromatic N) is 1. The van der Waals surface area contributed by atoms with Crippen LogP contribution in [0.1, 0.15) is 19.3 Å². The lowest BCUT2D eigenvalue weighted by molar-refractivity contribution is -0.265. The molecule has 0 aromatic heterocycles. The Bertz CT molecular complexity index is 248. The molecule has 2 rings (SSSR count). The van der Waals surface area contributed by atoms with Crippen LogP contribution in [0.5, 0.6) is 0 Å². The fourth-order valence-electron chi connectivity index (χ4n) is 2.74. The summed E-state index contributed by atoms with van der Waals surface area (Å²) in [7, 11) is 0. The highest BCUT2D eigenvalue weighted by molar-refractivity contribution is 4.95. The van der Waals surface area contributed by atoms with Gasteiger partial charge in [0.1, 0.15) is 18.3 Å². The number of hydrogen-bond donors (Lipinski definition) is 4. The number of aliphatic hydroxyl groups is 3. The predicted octanol–water partition coefficient (Wildman–Crippen LogP) is -1.76. The van der Waals surface area contributed by atoms with Crippen molar-refractivity contribution in [3.8, 4) is 0 Å². The Morgan fingerprint density at radius 3 is 2.29 bits per heavy atom. The maximum Gasteiger partial charge on any atom is 0.173 e. The Labute approximate surface area is 101 Å². The fraction of sp³-hybridized carbons (Fsp3) is 1.00. The highest BCUT2D eigenvalue weighted by atomic mass is 16.6. The van der Waals surface area contributed by atoms with Crippen LogP contribution in [0.15, 0.2) is 0 Å². The van der Waals surface area contributed by atoms with E-state index in [0.717, 1.165) is 25.9 Å². The molecule has 5 atom stereocenters. The van der Waals surface area contributed by atoms with Crippen molar-refractivity contribution in [3.63, 3.8) is 0 Å². The van der Waals surface area contributed by atoms with Gasteiger partial charge in [-0.1, -0.05) is 6.42 Å². The Balaban J connectivity index is 2.05. The highest BCUT2D eigenvalue weighted by Gasteiger charge is 2.45. The minimum Gasteiger partial charge on any atom is -0.388 e. The van der Waals surface area contributed by atoms with Gasteiger partial charge < -0.3 is 25.8 Å². The summed E-state index contributed by atoms with van der Waals surface area (Å²) < 4.78 is 5.26. The summed E-state index contributed by atoms with van der Waals surface area (Å²) in [4.78, 5) is 1.99. The number of nitrogens with two attached hydrogens (primary N) is 1. The predicted molar refractivity (Wildman–Crippen MR) is 61.2 cm³/mol. The van der Waals surface area contributed by atoms with Gasteiger partial charge in [-0.2, -0.15) is 0 Å². The smallest absolute Gasteiger partial charge is 0.173 e. The van der Waals surface area contributed by atoms with Gasteiger partial charge in [0.15, 0.2) is 6.29 Å².